The lowest BCUT2D eigenvalue weighted by Crippen LogP contribution is -2.03. The van der Waals surface area contributed by atoms with Gasteiger partial charge in [-0.15, -0.1) is 0 Å². The molecular weight excluding hydrogens is 316 g/mol. The first-order valence-electron chi connectivity index (χ1n) is 7.63. The zero-order valence-corrected chi connectivity index (χ0v) is 13.3. The van der Waals surface area contributed by atoms with Crippen molar-refractivity contribution in [2.75, 3.05) is 5.73 Å². The van der Waals surface area contributed by atoms with Gasteiger partial charge < -0.3 is 15.3 Å². The molecule has 0 bridgehead atoms. The van der Waals surface area contributed by atoms with Crippen molar-refractivity contribution >= 4 is 28.0 Å². The van der Waals surface area contributed by atoms with Crippen molar-refractivity contribution in [3.63, 3.8) is 0 Å². The van der Waals surface area contributed by atoms with Crippen LogP contribution in [0.25, 0.3) is 33.6 Å². The number of hydrogen-bond donors (Lipinski definition) is 2. The van der Waals surface area contributed by atoms with Crippen LogP contribution in [0.5, 0.6) is 0 Å². The number of para-hydroxylation sites is 2. The zero-order valence-electron chi connectivity index (χ0n) is 13.3. The number of aromatic nitrogens is 5. The second-order valence-electron chi connectivity index (χ2n) is 5.42. The van der Waals surface area contributed by atoms with Crippen LogP contribution in [0.3, 0.4) is 0 Å². The Labute approximate surface area is 142 Å². The third-order valence-corrected chi connectivity index (χ3v) is 4.07. The molecule has 0 aliphatic carbocycles. The molecule has 25 heavy (non-hydrogen) atoms. The Bertz CT molecular complexity index is 1180. The summed E-state index contributed by atoms with van der Waals surface area (Å²) in [5.74, 6) is 0.995. The average Bonchev–Trinajstić information content (AvgIpc) is 3.17. The Balaban J connectivity index is 2.11. The Morgan fingerprint density at radius 3 is 2.52 bits per heavy atom. The zero-order chi connectivity index (χ0) is 17.6. The maximum Gasteiger partial charge on any atom is 0.179 e. The van der Waals surface area contributed by atoms with Crippen LogP contribution >= 0.6 is 0 Å². The highest BCUT2D eigenvalue weighted by atomic mass is 15.1. The van der Waals surface area contributed by atoms with E-state index >= 15 is 0 Å². The van der Waals surface area contributed by atoms with E-state index in [1.807, 2.05) is 43.3 Å². The smallest absolute Gasteiger partial charge is 0.179 e. The van der Waals surface area contributed by atoms with E-state index in [0.29, 0.717) is 34.9 Å². The van der Waals surface area contributed by atoms with Gasteiger partial charge in [0.1, 0.15) is 29.3 Å². The number of nitrogen functional groups attached to an aromatic ring is 1. The lowest BCUT2D eigenvalue weighted by molar-refractivity contribution is 0.796. The SMILES string of the molecule is CCn1c(N)c(-c2nc3ccccc3[nH]2)c2nc(C#N)c(C#N)nc21. The number of H-pyrrole nitrogens is 1. The summed E-state index contributed by atoms with van der Waals surface area (Å²) in [6.07, 6.45) is 0. The molecule has 3 aromatic heterocycles. The number of aromatic amines is 1. The lowest BCUT2D eigenvalue weighted by Gasteiger charge is -2.02. The van der Waals surface area contributed by atoms with Crippen molar-refractivity contribution in [2.45, 2.75) is 13.5 Å². The number of nitriles is 2. The highest BCUT2D eigenvalue weighted by Gasteiger charge is 2.23. The maximum atomic E-state index is 9.25. The van der Waals surface area contributed by atoms with Gasteiger partial charge in [0.05, 0.1) is 16.6 Å². The molecular formula is C17H12N8. The van der Waals surface area contributed by atoms with E-state index in [0.717, 1.165) is 11.0 Å². The van der Waals surface area contributed by atoms with Crippen molar-refractivity contribution in [3.8, 4) is 23.5 Å². The molecule has 0 radical (unpaired) electrons. The fourth-order valence-electron chi connectivity index (χ4n) is 2.93. The van der Waals surface area contributed by atoms with Gasteiger partial charge in [0.2, 0.25) is 0 Å². The molecule has 4 aromatic rings. The summed E-state index contributed by atoms with van der Waals surface area (Å²) in [5, 5.41) is 18.5. The predicted molar refractivity (Wildman–Crippen MR) is 92.1 cm³/mol. The molecule has 0 unspecified atom stereocenters. The van der Waals surface area contributed by atoms with Gasteiger partial charge in [-0.1, -0.05) is 12.1 Å². The van der Waals surface area contributed by atoms with E-state index in [4.69, 9.17) is 5.73 Å². The quantitative estimate of drug-likeness (QED) is 0.580. The van der Waals surface area contributed by atoms with Crippen molar-refractivity contribution < 1.29 is 0 Å². The molecule has 0 saturated carbocycles. The average molecular weight is 328 g/mol. The number of fused-ring (bicyclic) bond motifs is 2. The molecule has 120 valence electrons. The Morgan fingerprint density at radius 2 is 1.84 bits per heavy atom. The van der Waals surface area contributed by atoms with E-state index in [1.165, 1.54) is 0 Å². The third kappa shape index (κ3) is 2.02. The topological polar surface area (TPSA) is 133 Å². The van der Waals surface area contributed by atoms with E-state index in [2.05, 4.69) is 19.9 Å². The highest BCUT2D eigenvalue weighted by Crippen LogP contribution is 2.34. The molecule has 0 amide bonds. The molecule has 0 aliphatic heterocycles. The number of hydrogen-bond acceptors (Lipinski definition) is 6. The van der Waals surface area contributed by atoms with Crippen LogP contribution in [-0.4, -0.2) is 24.5 Å². The van der Waals surface area contributed by atoms with Crippen LogP contribution in [0.2, 0.25) is 0 Å². The number of anilines is 1. The molecule has 0 atom stereocenters. The predicted octanol–water partition coefficient (Wildman–Crippen LogP) is 2.32. The normalized spacial score (nSPS) is 10.8. The summed E-state index contributed by atoms with van der Waals surface area (Å²) in [7, 11) is 0. The molecule has 1 aromatic carbocycles. The highest BCUT2D eigenvalue weighted by molar-refractivity contribution is 5.98. The molecule has 8 nitrogen and oxygen atoms in total. The Hall–Kier alpha value is -3.91. The molecule has 3 N–H and O–H groups in total. The van der Waals surface area contributed by atoms with Crippen molar-refractivity contribution in [1.82, 2.24) is 24.5 Å². The van der Waals surface area contributed by atoms with Gasteiger partial charge >= 0.3 is 0 Å². The van der Waals surface area contributed by atoms with Gasteiger partial charge in [0.15, 0.2) is 17.0 Å². The van der Waals surface area contributed by atoms with E-state index in [9.17, 15) is 10.5 Å². The van der Waals surface area contributed by atoms with Crippen LogP contribution in [0.15, 0.2) is 24.3 Å². The molecule has 0 aliphatic rings. The van der Waals surface area contributed by atoms with Crippen LogP contribution < -0.4 is 5.73 Å². The summed E-state index contributed by atoms with van der Waals surface area (Å²) in [6.45, 7) is 2.47. The second-order valence-corrected chi connectivity index (χ2v) is 5.42. The number of nitrogens with two attached hydrogens (primary N) is 1. The van der Waals surface area contributed by atoms with Crippen molar-refractivity contribution in [3.05, 3.63) is 35.7 Å². The van der Waals surface area contributed by atoms with Gasteiger partial charge in [-0.2, -0.15) is 10.5 Å². The summed E-state index contributed by atoms with van der Waals surface area (Å²) < 4.78 is 1.76. The Morgan fingerprint density at radius 1 is 1.12 bits per heavy atom. The second kappa shape index (κ2) is 5.32. The van der Waals surface area contributed by atoms with Crippen LogP contribution in [-0.2, 0) is 6.54 Å². The number of nitrogens with one attached hydrogen (secondary N) is 1. The monoisotopic (exact) mass is 328 g/mol. The van der Waals surface area contributed by atoms with Crippen LogP contribution in [0.1, 0.15) is 18.3 Å². The number of imidazole rings is 1. The number of rotatable bonds is 2. The summed E-state index contributed by atoms with van der Waals surface area (Å²) >= 11 is 0. The van der Waals surface area contributed by atoms with E-state index in [-0.39, 0.29) is 11.4 Å². The fourth-order valence-corrected chi connectivity index (χ4v) is 2.93. The maximum absolute atomic E-state index is 9.25. The largest absolute Gasteiger partial charge is 0.384 e. The fraction of sp³-hybridized carbons (Fsp3) is 0.118. The summed E-state index contributed by atoms with van der Waals surface area (Å²) in [5.41, 5.74) is 9.45. The molecule has 3 heterocycles. The minimum atomic E-state index is -0.0272. The van der Waals surface area contributed by atoms with E-state index in [1.54, 1.807) is 4.57 Å². The van der Waals surface area contributed by atoms with Gasteiger partial charge in [0.25, 0.3) is 0 Å². The molecule has 0 fully saturated rings. The first kappa shape index (κ1) is 14.7. The lowest BCUT2D eigenvalue weighted by atomic mass is 10.2. The van der Waals surface area contributed by atoms with Crippen LogP contribution in [0.4, 0.5) is 5.82 Å². The number of aryl methyl sites for hydroxylation is 1. The third-order valence-electron chi connectivity index (χ3n) is 4.07. The van der Waals surface area contributed by atoms with Crippen molar-refractivity contribution in [2.24, 2.45) is 0 Å². The summed E-state index contributed by atoms with van der Waals surface area (Å²) in [4.78, 5) is 16.4. The first-order valence-corrected chi connectivity index (χ1v) is 7.63. The van der Waals surface area contributed by atoms with Crippen molar-refractivity contribution in [1.29, 1.82) is 10.5 Å². The number of nitrogens with zero attached hydrogens (tertiary/aromatic N) is 6. The summed E-state index contributed by atoms with van der Waals surface area (Å²) in [6, 6.07) is 11.4. The molecule has 0 saturated heterocycles. The minimum absolute atomic E-state index is 0.0154. The van der Waals surface area contributed by atoms with E-state index < -0.39 is 0 Å². The molecule has 0 spiro atoms. The molecule has 8 heteroatoms. The standard InChI is InChI=1S/C17H12N8/c1-2-25-15(20)13(16-22-9-5-3-4-6-10(9)23-16)14-17(25)24-12(8-19)11(7-18)21-14/h3-6H,2,20H2,1H3,(H,22,23). The first-order chi connectivity index (χ1) is 12.2. The van der Waals surface area contributed by atoms with Gasteiger partial charge in [-0.25, -0.2) is 15.0 Å². The van der Waals surface area contributed by atoms with Crippen LogP contribution in [0, 0.1) is 22.7 Å². The molecule has 4 rings (SSSR count). The Kier molecular flexibility index (Phi) is 3.12. The minimum Gasteiger partial charge on any atom is -0.384 e. The van der Waals surface area contributed by atoms with Gasteiger partial charge in [-0.3, -0.25) is 0 Å². The van der Waals surface area contributed by atoms with Gasteiger partial charge in [0, 0.05) is 6.54 Å². The van der Waals surface area contributed by atoms with Gasteiger partial charge in [-0.05, 0) is 19.1 Å². The number of benzene rings is 1.